The summed E-state index contributed by atoms with van der Waals surface area (Å²) in [4.78, 5) is 18.0. The Morgan fingerprint density at radius 2 is 2.42 bits per heavy atom. The highest BCUT2D eigenvalue weighted by molar-refractivity contribution is 5.79. The van der Waals surface area contributed by atoms with Crippen molar-refractivity contribution < 1.29 is 4.79 Å². The average molecular weight is 265 g/mol. The van der Waals surface area contributed by atoms with Crippen molar-refractivity contribution in [3.05, 3.63) is 18.2 Å². The van der Waals surface area contributed by atoms with E-state index in [2.05, 4.69) is 26.7 Å². The molecule has 0 saturated carbocycles. The molecule has 0 spiro atoms. The van der Waals surface area contributed by atoms with Gasteiger partial charge in [-0.05, 0) is 19.4 Å². The van der Waals surface area contributed by atoms with Gasteiger partial charge in [-0.25, -0.2) is 4.98 Å². The van der Waals surface area contributed by atoms with E-state index in [9.17, 15) is 4.79 Å². The van der Waals surface area contributed by atoms with Crippen molar-refractivity contribution in [1.29, 1.82) is 0 Å². The topological polar surface area (TPSA) is 76.2 Å². The maximum Gasteiger partial charge on any atom is 0.234 e. The van der Waals surface area contributed by atoms with Crippen LogP contribution in [0.25, 0.3) is 0 Å². The summed E-state index contributed by atoms with van der Waals surface area (Å²) in [5.41, 5.74) is 5.42. The van der Waals surface area contributed by atoms with Crippen molar-refractivity contribution in [2.24, 2.45) is 5.73 Å². The molecule has 1 aliphatic heterocycles. The Morgan fingerprint density at radius 1 is 1.58 bits per heavy atom. The average Bonchev–Trinajstić information content (AvgIpc) is 2.85. The van der Waals surface area contributed by atoms with E-state index in [-0.39, 0.29) is 11.9 Å². The third-order valence-corrected chi connectivity index (χ3v) is 3.54. The van der Waals surface area contributed by atoms with Crippen LogP contribution in [0.15, 0.2) is 12.4 Å². The third kappa shape index (κ3) is 3.78. The maximum atomic E-state index is 11.4. The van der Waals surface area contributed by atoms with Gasteiger partial charge in [0.2, 0.25) is 5.91 Å². The van der Waals surface area contributed by atoms with Gasteiger partial charge in [0.1, 0.15) is 5.82 Å². The Bertz CT molecular complexity index is 417. The van der Waals surface area contributed by atoms with E-state index >= 15 is 0 Å². The predicted molar refractivity (Wildman–Crippen MR) is 73.4 cm³/mol. The summed E-state index contributed by atoms with van der Waals surface area (Å²) in [7, 11) is 0. The normalized spacial score (nSPS) is 17.1. The van der Waals surface area contributed by atoms with Crippen LogP contribution in [0.3, 0.4) is 0 Å². The zero-order chi connectivity index (χ0) is 13.7. The lowest BCUT2D eigenvalue weighted by molar-refractivity contribution is -0.120. The quantitative estimate of drug-likeness (QED) is 0.724. The van der Waals surface area contributed by atoms with Crippen LogP contribution in [0.4, 0.5) is 0 Å². The maximum absolute atomic E-state index is 11.4. The minimum absolute atomic E-state index is 0.221. The van der Waals surface area contributed by atoms with Crippen molar-refractivity contribution in [1.82, 2.24) is 19.8 Å². The number of carbonyl (C=O) groups excluding carboxylic acids is 1. The minimum atomic E-state index is -0.257. The van der Waals surface area contributed by atoms with Crippen LogP contribution < -0.4 is 11.1 Å². The number of nitrogens with two attached hydrogens (primary N) is 1. The van der Waals surface area contributed by atoms with Gasteiger partial charge in [-0.3, -0.25) is 9.69 Å². The van der Waals surface area contributed by atoms with Crippen molar-refractivity contribution in [2.75, 3.05) is 19.6 Å². The molecule has 0 fully saturated rings. The van der Waals surface area contributed by atoms with E-state index in [1.807, 2.05) is 12.4 Å². The number of imidazole rings is 1. The van der Waals surface area contributed by atoms with Crippen LogP contribution in [0, 0.1) is 0 Å². The molecule has 1 aromatic heterocycles. The second kappa shape index (κ2) is 6.68. The molecule has 19 heavy (non-hydrogen) atoms. The zero-order valence-electron chi connectivity index (χ0n) is 11.5. The smallest absolute Gasteiger partial charge is 0.234 e. The lowest BCUT2D eigenvalue weighted by Crippen LogP contribution is -2.44. The first-order valence-corrected chi connectivity index (χ1v) is 6.95. The highest BCUT2D eigenvalue weighted by Gasteiger charge is 2.19. The van der Waals surface area contributed by atoms with Crippen LogP contribution in [0.2, 0.25) is 0 Å². The van der Waals surface area contributed by atoms with E-state index in [1.165, 1.54) is 0 Å². The monoisotopic (exact) mass is 265 g/mol. The van der Waals surface area contributed by atoms with Gasteiger partial charge >= 0.3 is 0 Å². The second-order valence-corrected chi connectivity index (χ2v) is 5.01. The summed E-state index contributed by atoms with van der Waals surface area (Å²) < 4.78 is 2.18. The summed E-state index contributed by atoms with van der Waals surface area (Å²) in [6.07, 6.45) is 5.62. The number of nitrogens with zero attached hydrogens (tertiary/aromatic N) is 3. The van der Waals surface area contributed by atoms with Crippen LogP contribution >= 0.6 is 0 Å². The van der Waals surface area contributed by atoms with Gasteiger partial charge < -0.3 is 15.6 Å². The lowest BCUT2D eigenvalue weighted by atomic mass is 10.1. The molecular formula is C13H23N5O. The molecule has 2 rings (SSSR count). The Kier molecular flexibility index (Phi) is 4.93. The van der Waals surface area contributed by atoms with Crippen molar-refractivity contribution >= 4 is 5.91 Å². The summed E-state index contributed by atoms with van der Waals surface area (Å²) in [5, 5.41) is 3.20. The number of nitrogens with one attached hydrogen (secondary N) is 1. The molecule has 106 valence electrons. The Labute approximate surface area is 114 Å². The molecule has 6 nitrogen and oxygen atoms in total. The van der Waals surface area contributed by atoms with Gasteiger partial charge in [0.15, 0.2) is 0 Å². The van der Waals surface area contributed by atoms with Crippen LogP contribution in [-0.2, 0) is 17.9 Å². The van der Waals surface area contributed by atoms with Gasteiger partial charge in [-0.1, -0.05) is 6.92 Å². The first kappa shape index (κ1) is 14.0. The SMILES string of the molecule is CCCNC(CCN1CCn2ccnc2C1)C(N)=O. The summed E-state index contributed by atoms with van der Waals surface area (Å²) in [6.45, 7) is 6.61. The first-order chi connectivity index (χ1) is 9.20. The predicted octanol–water partition coefficient (Wildman–Crippen LogP) is -0.0577. The molecule has 1 aromatic rings. The fourth-order valence-corrected chi connectivity index (χ4v) is 2.39. The van der Waals surface area contributed by atoms with Gasteiger partial charge in [0, 0.05) is 32.0 Å². The van der Waals surface area contributed by atoms with E-state index in [0.717, 1.165) is 51.4 Å². The molecule has 2 heterocycles. The first-order valence-electron chi connectivity index (χ1n) is 6.95. The summed E-state index contributed by atoms with van der Waals surface area (Å²) in [5.74, 6) is 0.843. The van der Waals surface area contributed by atoms with Crippen LogP contribution in [0.5, 0.6) is 0 Å². The molecule has 1 amide bonds. The van der Waals surface area contributed by atoms with Crippen molar-refractivity contribution in [3.63, 3.8) is 0 Å². The van der Waals surface area contributed by atoms with E-state index in [1.54, 1.807) is 0 Å². The molecule has 1 unspecified atom stereocenters. The Morgan fingerprint density at radius 3 is 3.16 bits per heavy atom. The highest BCUT2D eigenvalue weighted by atomic mass is 16.1. The molecule has 0 aromatic carbocycles. The largest absolute Gasteiger partial charge is 0.368 e. The molecular weight excluding hydrogens is 242 g/mol. The van der Waals surface area contributed by atoms with E-state index in [4.69, 9.17) is 5.73 Å². The number of rotatable bonds is 7. The molecule has 3 N–H and O–H groups in total. The van der Waals surface area contributed by atoms with Gasteiger partial charge in [-0.15, -0.1) is 0 Å². The van der Waals surface area contributed by atoms with Crippen molar-refractivity contribution in [3.8, 4) is 0 Å². The fraction of sp³-hybridized carbons (Fsp3) is 0.692. The number of fused-ring (bicyclic) bond motifs is 1. The molecule has 1 aliphatic rings. The number of aromatic nitrogens is 2. The van der Waals surface area contributed by atoms with E-state index in [0.29, 0.717) is 0 Å². The van der Waals surface area contributed by atoms with Crippen molar-refractivity contribution in [2.45, 2.75) is 38.9 Å². The van der Waals surface area contributed by atoms with Gasteiger partial charge in [0.05, 0.1) is 12.6 Å². The molecule has 1 atom stereocenters. The minimum Gasteiger partial charge on any atom is -0.368 e. The summed E-state index contributed by atoms with van der Waals surface area (Å²) >= 11 is 0. The lowest BCUT2D eigenvalue weighted by Gasteiger charge is -2.28. The fourth-order valence-electron chi connectivity index (χ4n) is 2.39. The van der Waals surface area contributed by atoms with Crippen LogP contribution in [-0.4, -0.2) is 46.0 Å². The molecule has 0 bridgehead atoms. The zero-order valence-corrected chi connectivity index (χ0v) is 11.5. The Balaban J connectivity index is 1.80. The highest BCUT2D eigenvalue weighted by Crippen LogP contribution is 2.10. The molecule has 0 radical (unpaired) electrons. The summed E-state index contributed by atoms with van der Waals surface area (Å²) in [6, 6.07) is -0.221. The molecule has 0 aliphatic carbocycles. The molecule has 0 saturated heterocycles. The third-order valence-electron chi connectivity index (χ3n) is 3.54. The van der Waals surface area contributed by atoms with Gasteiger partial charge in [0.25, 0.3) is 0 Å². The standard InChI is InChI=1S/C13H23N5O/c1-2-4-15-11(13(14)19)3-6-17-8-9-18-7-5-16-12(18)10-17/h5,7,11,15H,2-4,6,8-10H2,1H3,(H2,14,19). The number of primary amides is 1. The Hall–Kier alpha value is -1.40. The number of amides is 1. The van der Waals surface area contributed by atoms with Crippen LogP contribution in [0.1, 0.15) is 25.6 Å². The number of hydrogen-bond acceptors (Lipinski definition) is 4. The molecule has 6 heteroatoms. The number of hydrogen-bond donors (Lipinski definition) is 2. The van der Waals surface area contributed by atoms with Gasteiger partial charge in [-0.2, -0.15) is 0 Å². The second-order valence-electron chi connectivity index (χ2n) is 5.01. The number of carbonyl (C=O) groups is 1. The van der Waals surface area contributed by atoms with E-state index < -0.39 is 0 Å².